The number of nitrogens with one attached hydrogen (secondary N) is 1. The summed E-state index contributed by atoms with van der Waals surface area (Å²) in [7, 11) is 0. The molecule has 0 spiro atoms. The number of halogens is 2. The molecule has 2 aromatic heterocycles. The third kappa shape index (κ3) is 2.19. The number of aromatic nitrogens is 3. The van der Waals surface area contributed by atoms with Crippen molar-refractivity contribution in [1.29, 1.82) is 0 Å². The Morgan fingerprint density at radius 1 is 1.18 bits per heavy atom. The van der Waals surface area contributed by atoms with E-state index in [2.05, 4.69) is 15.4 Å². The second kappa shape index (κ2) is 5.03. The molecule has 0 bridgehead atoms. The summed E-state index contributed by atoms with van der Waals surface area (Å²) in [4.78, 5) is 4.43. The first kappa shape index (κ1) is 13.1. The van der Waals surface area contributed by atoms with Crippen LogP contribution in [0.5, 0.6) is 0 Å². The van der Waals surface area contributed by atoms with Crippen LogP contribution in [0.15, 0.2) is 36.5 Å². The molecule has 1 saturated heterocycles. The smallest absolute Gasteiger partial charge is 0.243 e. The molecule has 3 aromatic rings. The van der Waals surface area contributed by atoms with Crippen LogP contribution in [0.4, 0.5) is 14.7 Å². The highest BCUT2D eigenvalue weighted by molar-refractivity contribution is 5.77. The number of rotatable bonds is 3. The van der Waals surface area contributed by atoms with E-state index in [4.69, 9.17) is 4.74 Å². The lowest BCUT2D eigenvalue weighted by atomic mass is 10.1. The summed E-state index contributed by atoms with van der Waals surface area (Å²) < 4.78 is 33.2. The molecule has 22 heavy (non-hydrogen) atoms. The molecule has 5 nitrogen and oxygen atoms in total. The number of hydrogen-bond acceptors (Lipinski definition) is 4. The summed E-state index contributed by atoms with van der Waals surface area (Å²) in [5.41, 5.74) is 1.82. The Morgan fingerprint density at radius 2 is 2.05 bits per heavy atom. The molecule has 0 unspecified atom stereocenters. The van der Waals surface area contributed by atoms with Gasteiger partial charge in [-0.3, -0.25) is 0 Å². The van der Waals surface area contributed by atoms with Crippen molar-refractivity contribution < 1.29 is 13.5 Å². The van der Waals surface area contributed by atoms with Gasteiger partial charge in [-0.25, -0.2) is 13.3 Å². The minimum Gasteiger partial charge on any atom is -0.377 e. The second-order valence-corrected chi connectivity index (χ2v) is 5.13. The van der Waals surface area contributed by atoms with Gasteiger partial charge in [-0.2, -0.15) is 4.98 Å². The Hall–Kier alpha value is -2.54. The van der Waals surface area contributed by atoms with Gasteiger partial charge in [-0.1, -0.05) is 6.07 Å². The average molecular weight is 302 g/mol. The Bertz CT molecular complexity index is 845. The lowest BCUT2D eigenvalue weighted by molar-refractivity contribution is 0.0208. The largest absolute Gasteiger partial charge is 0.377 e. The highest BCUT2D eigenvalue weighted by Crippen LogP contribution is 2.26. The van der Waals surface area contributed by atoms with E-state index in [1.54, 1.807) is 22.8 Å². The van der Waals surface area contributed by atoms with Gasteiger partial charge in [-0.05, 0) is 29.8 Å². The Balaban J connectivity index is 1.77. The maximum absolute atomic E-state index is 13.5. The maximum Gasteiger partial charge on any atom is 0.243 e. The first-order valence-corrected chi connectivity index (χ1v) is 6.86. The zero-order valence-corrected chi connectivity index (χ0v) is 11.5. The quantitative estimate of drug-likeness (QED) is 0.807. The molecule has 3 heterocycles. The van der Waals surface area contributed by atoms with Crippen molar-refractivity contribution in [3.8, 4) is 11.1 Å². The zero-order chi connectivity index (χ0) is 15.1. The molecule has 1 N–H and O–H groups in total. The van der Waals surface area contributed by atoms with Crippen LogP contribution in [-0.2, 0) is 4.74 Å². The van der Waals surface area contributed by atoms with Gasteiger partial charge in [-0.15, -0.1) is 5.10 Å². The van der Waals surface area contributed by atoms with Gasteiger partial charge >= 0.3 is 0 Å². The molecule has 0 atom stereocenters. The van der Waals surface area contributed by atoms with Crippen molar-refractivity contribution in [2.75, 3.05) is 18.5 Å². The molecule has 7 heteroatoms. The summed E-state index contributed by atoms with van der Waals surface area (Å²) >= 11 is 0. The van der Waals surface area contributed by atoms with Gasteiger partial charge in [0.15, 0.2) is 17.3 Å². The van der Waals surface area contributed by atoms with E-state index in [-0.39, 0.29) is 6.04 Å². The molecule has 1 aliphatic rings. The van der Waals surface area contributed by atoms with Crippen LogP contribution in [0.2, 0.25) is 0 Å². The van der Waals surface area contributed by atoms with Crippen molar-refractivity contribution in [2.24, 2.45) is 0 Å². The van der Waals surface area contributed by atoms with Crippen LogP contribution in [0, 0.1) is 11.6 Å². The predicted octanol–water partition coefficient (Wildman–Crippen LogP) is 2.49. The molecular weight excluding hydrogens is 290 g/mol. The number of fused-ring (bicyclic) bond motifs is 1. The van der Waals surface area contributed by atoms with Crippen molar-refractivity contribution in [3.63, 3.8) is 0 Å². The van der Waals surface area contributed by atoms with Crippen LogP contribution in [0.3, 0.4) is 0 Å². The number of anilines is 1. The first-order valence-electron chi connectivity index (χ1n) is 6.86. The van der Waals surface area contributed by atoms with E-state index in [1.807, 2.05) is 0 Å². The highest BCUT2D eigenvalue weighted by atomic mass is 19.2. The van der Waals surface area contributed by atoms with E-state index >= 15 is 0 Å². The molecule has 0 aliphatic carbocycles. The number of ether oxygens (including phenoxy) is 1. The van der Waals surface area contributed by atoms with Gasteiger partial charge in [0.05, 0.1) is 19.3 Å². The predicted molar refractivity (Wildman–Crippen MR) is 76.6 cm³/mol. The molecule has 112 valence electrons. The SMILES string of the molecule is Fc1ccc(-c2cccn3nc(NC4COC4)nc23)cc1F. The van der Waals surface area contributed by atoms with Crippen LogP contribution >= 0.6 is 0 Å². The van der Waals surface area contributed by atoms with Crippen molar-refractivity contribution >= 4 is 11.6 Å². The van der Waals surface area contributed by atoms with Gasteiger partial charge in [0.25, 0.3) is 0 Å². The van der Waals surface area contributed by atoms with E-state index < -0.39 is 11.6 Å². The Morgan fingerprint density at radius 3 is 2.77 bits per heavy atom. The topological polar surface area (TPSA) is 51.5 Å². The fourth-order valence-electron chi connectivity index (χ4n) is 2.36. The standard InChI is InChI=1S/C15H12F2N4O/c16-12-4-3-9(6-13(12)17)11-2-1-5-21-14(11)19-15(20-21)18-10-7-22-8-10/h1-6,10H,7-8H2,(H,18,20). The highest BCUT2D eigenvalue weighted by Gasteiger charge is 2.20. The third-order valence-electron chi connectivity index (χ3n) is 3.56. The lowest BCUT2D eigenvalue weighted by Crippen LogP contribution is -2.40. The number of pyridine rings is 1. The first-order chi connectivity index (χ1) is 10.7. The van der Waals surface area contributed by atoms with Crippen LogP contribution in [-0.4, -0.2) is 33.9 Å². The molecule has 0 amide bonds. The van der Waals surface area contributed by atoms with E-state index in [1.165, 1.54) is 6.07 Å². The van der Waals surface area contributed by atoms with Crippen LogP contribution in [0.1, 0.15) is 0 Å². The molecule has 1 aliphatic heterocycles. The zero-order valence-electron chi connectivity index (χ0n) is 11.5. The molecular formula is C15H12F2N4O. The summed E-state index contributed by atoms with van der Waals surface area (Å²) in [6.07, 6.45) is 1.76. The number of benzene rings is 1. The maximum atomic E-state index is 13.5. The van der Waals surface area contributed by atoms with Crippen molar-refractivity contribution in [3.05, 3.63) is 48.2 Å². The fourth-order valence-corrected chi connectivity index (χ4v) is 2.36. The van der Waals surface area contributed by atoms with Gasteiger partial charge < -0.3 is 10.1 Å². The minimum atomic E-state index is -0.885. The van der Waals surface area contributed by atoms with Crippen molar-refractivity contribution in [2.45, 2.75) is 6.04 Å². The molecule has 0 radical (unpaired) electrons. The van der Waals surface area contributed by atoms with Crippen molar-refractivity contribution in [1.82, 2.24) is 14.6 Å². The fraction of sp³-hybridized carbons (Fsp3) is 0.200. The second-order valence-electron chi connectivity index (χ2n) is 5.13. The summed E-state index contributed by atoms with van der Waals surface area (Å²) in [6, 6.07) is 7.59. The van der Waals surface area contributed by atoms with Crippen LogP contribution < -0.4 is 5.32 Å². The number of nitrogens with zero attached hydrogens (tertiary/aromatic N) is 3. The molecule has 4 rings (SSSR count). The third-order valence-corrected chi connectivity index (χ3v) is 3.56. The summed E-state index contributed by atoms with van der Waals surface area (Å²) in [5.74, 6) is -1.27. The van der Waals surface area contributed by atoms with Crippen LogP contribution in [0.25, 0.3) is 16.8 Å². The van der Waals surface area contributed by atoms with E-state index in [0.29, 0.717) is 35.9 Å². The van der Waals surface area contributed by atoms with E-state index in [0.717, 1.165) is 12.1 Å². The molecule has 0 saturated carbocycles. The molecule has 1 fully saturated rings. The van der Waals surface area contributed by atoms with Gasteiger partial charge in [0.2, 0.25) is 5.95 Å². The van der Waals surface area contributed by atoms with Gasteiger partial charge in [0, 0.05) is 11.8 Å². The summed E-state index contributed by atoms with van der Waals surface area (Å²) in [6.45, 7) is 1.26. The average Bonchev–Trinajstić information content (AvgIpc) is 2.88. The molecule has 1 aromatic carbocycles. The summed E-state index contributed by atoms with van der Waals surface area (Å²) in [5, 5.41) is 7.50. The monoisotopic (exact) mass is 302 g/mol. The van der Waals surface area contributed by atoms with Gasteiger partial charge in [0.1, 0.15) is 0 Å². The number of hydrogen-bond donors (Lipinski definition) is 1. The Kier molecular flexibility index (Phi) is 3.00. The normalized spacial score (nSPS) is 15.0. The van der Waals surface area contributed by atoms with E-state index in [9.17, 15) is 8.78 Å². The lowest BCUT2D eigenvalue weighted by Gasteiger charge is -2.25. The Labute approximate surface area is 124 Å². The minimum absolute atomic E-state index is 0.212.